The molecule has 1 unspecified atom stereocenters. The average molecular weight is 317 g/mol. The number of rotatable bonds is 4. The quantitative estimate of drug-likeness (QED) is 0.897. The third kappa shape index (κ3) is 4.35. The lowest BCUT2D eigenvalue weighted by molar-refractivity contribution is -0.117. The van der Waals surface area contributed by atoms with Gasteiger partial charge in [0.25, 0.3) is 0 Å². The Kier molecular flexibility index (Phi) is 5.66. The Bertz CT molecular complexity index is 482. The lowest BCUT2D eigenvalue weighted by Gasteiger charge is -2.31. The molecule has 1 amide bonds. The van der Waals surface area contributed by atoms with Crippen LogP contribution >= 0.6 is 23.2 Å². The predicted octanol–water partition coefficient (Wildman–Crippen LogP) is 2.64. The molecule has 2 N–H and O–H groups in total. The Morgan fingerprint density at radius 1 is 1.45 bits per heavy atom. The topological polar surface area (TPSA) is 52.6 Å². The van der Waals surface area contributed by atoms with Crippen molar-refractivity contribution >= 4 is 34.8 Å². The molecule has 4 nitrogen and oxygen atoms in total. The number of hydrogen-bond acceptors (Lipinski definition) is 3. The summed E-state index contributed by atoms with van der Waals surface area (Å²) in [6.07, 6.45) is 2.04. The highest BCUT2D eigenvalue weighted by Gasteiger charge is 2.21. The van der Waals surface area contributed by atoms with E-state index in [0.29, 0.717) is 22.3 Å². The van der Waals surface area contributed by atoms with Gasteiger partial charge >= 0.3 is 0 Å². The van der Waals surface area contributed by atoms with Crippen molar-refractivity contribution in [3.05, 3.63) is 28.2 Å². The van der Waals surface area contributed by atoms with E-state index >= 15 is 0 Å². The fraction of sp³-hybridized carbons (Fsp3) is 0.500. The average Bonchev–Trinajstić information content (AvgIpc) is 2.42. The van der Waals surface area contributed by atoms with Gasteiger partial charge in [-0.2, -0.15) is 0 Å². The van der Waals surface area contributed by atoms with Gasteiger partial charge in [0.15, 0.2) is 0 Å². The first-order valence-corrected chi connectivity index (χ1v) is 7.42. The molecule has 1 aromatic rings. The summed E-state index contributed by atoms with van der Waals surface area (Å²) in [4.78, 5) is 14.1. The molecule has 2 rings (SSSR count). The molecule has 0 radical (unpaired) electrons. The van der Waals surface area contributed by atoms with Gasteiger partial charge in [-0.3, -0.25) is 9.69 Å². The van der Waals surface area contributed by atoms with Crippen LogP contribution in [-0.4, -0.2) is 42.2 Å². The molecule has 110 valence electrons. The number of benzene rings is 1. The number of likely N-dealkylation sites (tertiary alicyclic amines) is 1. The van der Waals surface area contributed by atoms with Crippen molar-refractivity contribution < 1.29 is 9.90 Å². The Morgan fingerprint density at radius 3 is 2.95 bits per heavy atom. The second-order valence-electron chi connectivity index (χ2n) is 5.10. The highest BCUT2D eigenvalue weighted by atomic mass is 35.5. The van der Waals surface area contributed by atoms with Gasteiger partial charge in [0.2, 0.25) is 5.91 Å². The third-order valence-electron chi connectivity index (χ3n) is 3.43. The molecule has 1 fully saturated rings. The first-order chi connectivity index (χ1) is 9.58. The second-order valence-corrected chi connectivity index (χ2v) is 5.94. The van der Waals surface area contributed by atoms with E-state index in [4.69, 9.17) is 23.2 Å². The first kappa shape index (κ1) is 15.6. The van der Waals surface area contributed by atoms with Crippen molar-refractivity contribution in [2.24, 2.45) is 5.92 Å². The van der Waals surface area contributed by atoms with E-state index in [1.54, 1.807) is 18.2 Å². The molecule has 1 saturated heterocycles. The summed E-state index contributed by atoms with van der Waals surface area (Å²) in [7, 11) is 0. The van der Waals surface area contributed by atoms with Crippen LogP contribution in [0.4, 0.5) is 5.69 Å². The molecule has 1 aliphatic heterocycles. The molecule has 1 aromatic carbocycles. The number of halogens is 2. The summed E-state index contributed by atoms with van der Waals surface area (Å²) in [6, 6.07) is 4.97. The Morgan fingerprint density at radius 2 is 2.25 bits per heavy atom. The standard InChI is InChI=1S/C14H18Cl2N2O2/c15-11-3-4-13(12(16)6-11)17-14(20)8-18-5-1-2-10(7-18)9-19/h3-4,6,10,19H,1-2,5,7-9H2,(H,17,20). The number of carbonyl (C=O) groups excluding carboxylic acids is 1. The maximum Gasteiger partial charge on any atom is 0.238 e. The van der Waals surface area contributed by atoms with Gasteiger partial charge in [-0.25, -0.2) is 0 Å². The number of nitrogens with zero attached hydrogens (tertiary/aromatic N) is 1. The van der Waals surface area contributed by atoms with E-state index in [2.05, 4.69) is 10.2 Å². The summed E-state index contributed by atoms with van der Waals surface area (Å²) in [5.41, 5.74) is 0.566. The molecule has 0 spiro atoms. The van der Waals surface area contributed by atoms with Crippen molar-refractivity contribution in [1.82, 2.24) is 4.90 Å². The highest BCUT2D eigenvalue weighted by molar-refractivity contribution is 6.36. The number of aliphatic hydroxyl groups excluding tert-OH is 1. The van der Waals surface area contributed by atoms with E-state index in [1.165, 1.54) is 0 Å². The van der Waals surface area contributed by atoms with E-state index in [0.717, 1.165) is 25.9 Å². The molecule has 20 heavy (non-hydrogen) atoms. The number of carbonyl (C=O) groups is 1. The second kappa shape index (κ2) is 7.27. The van der Waals surface area contributed by atoms with E-state index < -0.39 is 0 Å². The zero-order valence-electron chi connectivity index (χ0n) is 11.1. The minimum Gasteiger partial charge on any atom is -0.396 e. The van der Waals surface area contributed by atoms with Gasteiger partial charge in [0.05, 0.1) is 17.3 Å². The predicted molar refractivity (Wildman–Crippen MR) is 81.3 cm³/mol. The van der Waals surface area contributed by atoms with Crippen molar-refractivity contribution in [3.8, 4) is 0 Å². The van der Waals surface area contributed by atoms with Crippen LogP contribution < -0.4 is 5.32 Å². The van der Waals surface area contributed by atoms with Gasteiger partial charge in [-0.05, 0) is 43.5 Å². The summed E-state index contributed by atoms with van der Waals surface area (Å²) in [6.45, 7) is 2.15. The summed E-state index contributed by atoms with van der Waals surface area (Å²) >= 11 is 11.8. The third-order valence-corrected chi connectivity index (χ3v) is 3.98. The van der Waals surface area contributed by atoms with Crippen LogP contribution in [0.1, 0.15) is 12.8 Å². The number of nitrogens with one attached hydrogen (secondary N) is 1. The molecule has 0 aliphatic carbocycles. The number of hydrogen-bond donors (Lipinski definition) is 2. The Balaban J connectivity index is 1.88. The molecule has 1 heterocycles. The molecule has 1 aliphatic rings. The molecule has 0 bridgehead atoms. The highest BCUT2D eigenvalue weighted by Crippen LogP contribution is 2.25. The van der Waals surface area contributed by atoms with Crippen molar-refractivity contribution in [2.75, 3.05) is 31.6 Å². The minimum atomic E-state index is -0.104. The molecular formula is C14H18Cl2N2O2. The number of aliphatic hydroxyl groups is 1. The Hall–Kier alpha value is -0.810. The maximum atomic E-state index is 12.0. The number of piperidine rings is 1. The van der Waals surface area contributed by atoms with Crippen LogP contribution in [-0.2, 0) is 4.79 Å². The van der Waals surface area contributed by atoms with E-state index in [1.807, 2.05) is 0 Å². The molecule has 0 saturated carbocycles. The number of amides is 1. The number of anilines is 1. The summed E-state index contributed by atoms with van der Waals surface area (Å²) < 4.78 is 0. The maximum absolute atomic E-state index is 12.0. The largest absolute Gasteiger partial charge is 0.396 e. The molecule has 1 atom stereocenters. The smallest absolute Gasteiger partial charge is 0.238 e. The van der Waals surface area contributed by atoms with Gasteiger partial charge < -0.3 is 10.4 Å². The van der Waals surface area contributed by atoms with Crippen molar-refractivity contribution in [3.63, 3.8) is 0 Å². The molecule has 0 aromatic heterocycles. The fourth-order valence-corrected chi connectivity index (χ4v) is 2.88. The first-order valence-electron chi connectivity index (χ1n) is 6.66. The Labute approximate surface area is 128 Å². The van der Waals surface area contributed by atoms with Gasteiger partial charge in [0, 0.05) is 18.2 Å². The van der Waals surface area contributed by atoms with Crippen LogP contribution in [0.5, 0.6) is 0 Å². The van der Waals surface area contributed by atoms with Gasteiger partial charge in [-0.15, -0.1) is 0 Å². The normalized spacial score (nSPS) is 19.9. The van der Waals surface area contributed by atoms with Gasteiger partial charge in [-0.1, -0.05) is 23.2 Å². The van der Waals surface area contributed by atoms with Crippen LogP contribution in [0, 0.1) is 5.92 Å². The van der Waals surface area contributed by atoms with Crippen LogP contribution in [0.3, 0.4) is 0 Å². The lowest BCUT2D eigenvalue weighted by Crippen LogP contribution is -2.41. The lowest BCUT2D eigenvalue weighted by atomic mass is 9.99. The van der Waals surface area contributed by atoms with Crippen LogP contribution in [0.2, 0.25) is 10.0 Å². The summed E-state index contributed by atoms with van der Waals surface area (Å²) in [5, 5.41) is 12.9. The minimum absolute atomic E-state index is 0.104. The van der Waals surface area contributed by atoms with E-state index in [9.17, 15) is 9.90 Å². The zero-order chi connectivity index (χ0) is 14.5. The van der Waals surface area contributed by atoms with Crippen molar-refractivity contribution in [1.29, 1.82) is 0 Å². The van der Waals surface area contributed by atoms with E-state index in [-0.39, 0.29) is 18.4 Å². The molecule has 6 heteroatoms. The SMILES string of the molecule is O=C(CN1CCCC(CO)C1)Nc1ccc(Cl)cc1Cl. The zero-order valence-corrected chi connectivity index (χ0v) is 12.6. The fourth-order valence-electron chi connectivity index (χ4n) is 2.43. The van der Waals surface area contributed by atoms with Crippen LogP contribution in [0.25, 0.3) is 0 Å². The summed E-state index contributed by atoms with van der Waals surface area (Å²) in [5.74, 6) is 0.170. The van der Waals surface area contributed by atoms with Gasteiger partial charge in [0.1, 0.15) is 0 Å². The van der Waals surface area contributed by atoms with Crippen molar-refractivity contribution in [2.45, 2.75) is 12.8 Å². The monoisotopic (exact) mass is 316 g/mol. The van der Waals surface area contributed by atoms with Crippen LogP contribution in [0.15, 0.2) is 18.2 Å². The molecular weight excluding hydrogens is 299 g/mol.